The van der Waals surface area contributed by atoms with E-state index in [1.54, 1.807) is 0 Å². The summed E-state index contributed by atoms with van der Waals surface area (Å²) in [6.07, 6.45) is 21.2. The number of nitrogens with zero attached hydrogens (tertiary/aromatic N) is 1. The average molecular weight is 426 g/mol. The maximum Gasteiger partial charge on any atom is 0.0492 e. The zero-order chi connectivity index (χ0) is 21.4. The van der Waals surface area contributed by atoms with Gasteiger partial charge in [-0.25, -0.2) is 0 Å². The van der Waals surface area contributed by atoms with Gasteiger partial charge >= 0.3 is 0 Å². The summed E-state index contributed by atoms with van der Waals surface area (Å²) in [6, 6.07) is 0. The molecule has 1 aliphatic rings. The zero-order valence-electron chi connectivity index (χ0n) is 20.4. The van der Waals surface area contributed by atoms with Gasteiger partial charge in [-0.05, 0) is 25.9 Å². The number of hydrogen-bond donors (Lipinski definition) is 4. The number of rotatable bonds is 15. The molecule has 0 spiro atoms. The Morgan fingerprint density at radius 1 is 0.467 bits per heavy atom. The molecular weight excluding hydrogens is 370 g/mol. The minimum atomic E-state index is 1.00. The second kappa shape index (κ2) is 23.5. The number of nitrogens with one attached hydrogen (secondary N) is 4. The first-order valence-electron chi connectivity index (χ1n) is 13.5. The van der Waals surface area contributed by atoms with Gasteiger partial charge in [0.2, 0.25) is 0 Å². The van der Waals surface area contributed by atoms with Crippen LogP contribution in [0.2, 0.25) is 0 Å². The summed E-state index contributed by atoms with van der Waals surface area (Å²) in [7, 11) is 0. The Morgan fingerprint density at radius 3 is 1.33 bits per heavy atom. The van der Waals surface area contributed by atoms with Crippen molar-refractivity contribution in [2.24, 2.45) is 0 Å². The molecule has 0 aromatic carbocycles. The summed E-state index contributed by atoms with van der Waals surface area (Å²) in [5.41, 5.74) is 0. The van der Waals surface area contributed by atoms with Crippen LogP contribution in [-0.4, -0.2) is 64.1 Å². The third-order valence-electron chi connectivity index (χ3n) is 6.16. The average Bonchev–Trinajstić information content (AvgIpc) is 2.76. The minimum absolute atomic E-state index is 1.00. The van der Waals surface area contributed by atoms with Crippen LogP contribution in [0, 0.1) is 0 Å². The van der Waals surface area contributed by atoms with E-state index in [1.807, 2.05) is 0 Å². The van der Waals surface area contributed by atoms with Gasteiger partial charge in [0.05, 0.1) is 0 Å². The predicted octanol–water partition coefficient (Wildman–Crippen LogP) is 4.45. The molecule has 5 heteroatoms. The van der Waals surface area contributed by atoms with Gasteiger partial charge in [0.15, 0.2) is 0 Å². The maximum atomic E-state index is 3.60. The molecule has 4 N–H and O–H groups in total. The van der Waals surface area contributed by atoms with Gasteiger partial charge < -0.3 is 21.3 Å². The van der Waals surface area contributed by atoms with E-state index in [1.165, 1.54) is 103 Å². The van der Waals surface area contributed by atoms with Crippen molar-refractivity contribution in [3.63, 3.8) is 0 Å². The molecular formula is C25H55N5. The fraction of sp³-hybridized carbons (Fsp3) is 1.00. The lowest BCUT2D eigenvalue weighted by molar-refractivity contribution is 0.229. The van der Waals surface area contributed by atoms with Crippen molar-refractivity contribution in [3.05, 3.63) is 0 Å². The highest BCUT2D eigenvalue weighted by Gasteiger charge is 2.04. The predicted molar refractivity (Wildman–Crippen MR) is 133 cm³/mol. The second-order valence-electron chi connectivity index (χ2n) is 9.16. The van der Waals surface area contributed by atoms with Gasteiger partial charge in [-0.1, -0.05) is 90.4 Å². The molecule has 30 heavy (non-hydrogen) atoms. The van der Waals surface area contributed by atoms with E-state index in [-0.39, 0.29) is 0 Å². The largest absolute Gasteiger partial charge is 0.315 e. The van der Waals surface area contributed by atoms with Crippen LogP contribution < -0.4 is 21.3 Å². The Balaban J connectivity index is 1.92. The van der Waals surface area contributed by atoms with Gasteiger partial charge in [0.25, 0.3) is 0 Å². The van der Waals surface area contributed by atoms with Crippen molar-refractivity contribution in [2.75, 3.05) is 59.2 Å². The van der Waals surface area contributed by atoms with Gasteiger partial charge in [-0.2, -0.15) is 0 Å². The lowest BCUT2D eigenvalue weighted by Crippen LogP contribution is -2.44. The van der Waals surface area contributed by atoms with Crippen LogP contribution >= 0.6 is 0 Å². The maximum absolute atomic E-state index is 3.60. The van der Waals surface area contributed by atoms with Gasteiger partial charge in [0, 0.05) is 46.1 Å². The lowest BCUT2D eigenvalue weighted by Gasteiger charge is -2.24. The highest BCUT2D eigenvalue weighted by Crippen LogP contribution is 2.13. The van der Waals surface area contributed by atoms with Crippen LogP contribution in [0.15, 0.2) is 0 Å². The minimum Gasteiger partial charge on any atom is -0.315 e. The molecule has 180 valence electrons. The van der Waals surface area contributed by atoms with Crippen LogP contribution in [0.25, 0.3) is 0 Å². The Morgan fingerprint density at radius 2 is 0.867 bits per heavy atom. The SMILES string of the molecule is CCCCCCCCCCCCCCCCN1CNCCNCCCNCCNC1. The smallest absolute Gasteiger partial charge is 0.0492 e. The Bertz CT molecular complexity index is 313. The standard InChI is InChI=1S/C25H55N5/c1-2-3-4-5-6-7-8-9-10-11-12-13-14-15-23-30-24-28-21-19-26-17-16-18-27-20-22-29-25-30/h26-29H,2-25H2,1H3. The second-order valence-corrected chi connectivity index (χ2v) is 9.16. The normalized spacial score (nSPS) is 18.3. The molecule has 1 rings (SSSR count). The van der Waals surface area contributed by atoms with Crippen LogP contribution in [0.4, 0.5) is 0 Å². The molecule has 0 atom stereocenters. The molecule has 1 saturated heterocycles. The van der Waals surface area contributed by atoms with E-state index in [0.717, 1.165) is 52.6 Å². The van der Waals surface area contributed by atoms with Crippen LogP contribution in [0.1, 0.15) is 103 Å². The fourth-order valence-electron chi connectivity index (χ4n) is 4.16. The van der Waals surface area contributed by atoms with Crippen LogP contribution in [0.5, 0.6) is 0 Å². The molecule has 0 bridgehead atoms. The van der Waals surface area contributed by atoms with E-state index >= 15 is 0 Å². The Hall–Kier alpha value is -0.200. The monoisotopic (exact) mass is 425 g/mol. The van der Waals surface area contributed by atoms with Crippen molar-refractivity contribution in [3.8, 4) is 0 Å². The van der Waals surface area contributed by atoms with Crippen molar-refractivity contribution in [2.45, 2.75) is 103 Å². The topological polar surface area (TPSA) is 51.4 Å². The summed E-state index contributed by atoms with van der Waals surface area (Å²) in [6.45, 7) is 12.0. The molecule has 0 amide bonds. The molecule has 0 aromatic heterocycles. The molecule has 0 radical (unpaired) electrons. The Labute approximate surface area is 188 Å². The van der Waals surface area contributed by atoms with Gasteiger partial charge in [-0.15, -0.1) is 0 Å². The van der Waals surface area contributed by atoms with Crippen molar-refractivity contribution < 1.29 is 0 Å². The first kappa shape index (κ1) is 27.8. The van der Waals surface area contributed by atoms with Crippen molar-refractivity contribution in [1.82, 2.24) is 26.2 Å². The number of hydrogen-bond acceptors (Lipinski definition) is 5. The molecule has 1 aliphatic heterocycles. The van der Waals surface area contributed by atoms with Crippen molar-refractivity contribution in [1.29, 1.82) is 0 Å². The summed E-state index contributed by atoms with van der Waals surface area (Å²) < 4.78 is 0. The van der Waals surface area contributed by atoms with E-state index in [2.05, 4.69) is 33.1 Å². The molecule has 0 unspecified atom stereocenters. The summed E-state index contributed by atoms with van der Waals surface area (Å²) in [4.78, 5) is 2.53. The van der Waals surface area contributed by atoms with E-state index in [9.17, 15) is 0 Å². The fourth-order valence-corrected chi connectivity index (χ4v) is 4.16. The quantitative estimate of drug-likeness (QED) is 0.292. The molecule has 0 aliphatic carbocycles. The van der Waals surface area contributed by atoms with Gasteiger partial charge in [0.1, 0.15) is 0 Å². The molecule has 5 nitrogen and oxygen atoms in total. The van der Waals surface area contributed by atoms with E-state index < -0.39 is 0 Å². The third-order valence-corrected chi connectivity index (χ3v) is 6.16. The first-order chi connectivity index (χ1) is 14.9. The zero-order valence-corrected chi connectivity index (χ0v) is 20.4. The highest BCUT2D eigenvalue weighted by molar-refractivity contribution is 4.61. The van der Waals surface area contributed by atoms with E-state index in [4.69, 9.17) is 0 Å². The summed E-state index contributed by atoms with van der Waals surface area (Å²) in [5, 5.41) is 14.2. The summed E-state index contributed by atoms with van der Waals surface area (Å²) in [5.74, 6) is 0. The summed E-state index contributed by atoms with van der Waals surface area (Å²) >= 11 is 0. The molecule has 1 heterocycles. The Kier molecular flexibility index (Phi) is 21.8. The first-order valence-corrected chi connectivity index (χ1v) is 13.5. The van der Waals surface area contributed by atoms with Crippen molar-refractivity contribution >= 4 is 0 Å². The van der Waals surface area contributed by atoms with Crippen LogP contribution in [-0.2, 0) is 0 Å². The highest BCUT2D eigenvalue weighted by atomic mass is 15.3. The molecule has 0 saturated carbocycles. The molecule has 0 aromatic rings. The molecule has 1 fully saturated rings. The van der Waals surface area contributed by atoms with Gasteiger partial charge in [-0.3, -0.25) is 4.90 Å². The lowest BCUT2D eigenvalue weighted by atomic mass is 10.0. The number of unbranched alkanes of at least 4 members (excludes halogenated alkanes) is 13. The third kappa shape index (κ3) is 19.7. The van der Waals surface area contributed by atoms with Crippen LogP contribution in [0.3, 0.4) is 0 Å². The van der Waals surface area contributed by atoms with E-state index in [0.29, 0.717) is 0 Å².